The Morgan fingerprint density at radius 3 is 2.76 bits per heavy atom. The number of hydrogen-bond donors (Lipinski definition) is 1. The average molecular weight is 282 g/mol. The maximum atomic E-state index is 5.72. The van der Waals surface area contributed by atoms with Crippen LogP contribution in [-0.2, 0) is 0 Å². The topological polar surface area (TPSA) is 24.5 Å². The summed E-state index contributed by atoms with van der Waals surface area (Å²) < 4.78 is 5.72. The number of hydrogen-bond acceptors (Lipinski definition) is 3. The third-order valence-corrected chi connectivity index (χ3v) is 3.99. The first-order valence-electron chi connectivity index (χ1n) is 7.41. The molecule has 1 heterocycles. The van der Waals surface area contributed by atoms with Crippen LogP contribution in [0, 0.1) is 6.92 Å². The van der Waals surface area contributed by atoms with Gasteiger partial charge in [-0.25, -0.2) is 0 Å². The van der Waals surface area contributed by atoms with Gasteiger partial charge in [0.25, 0.3) is 0 Å². The minimum Gasteiger partial charge on any atom is -0.493 e. The van der Waals surface area contributed by atoms with Crippen molar-refractivity contribution in [1.82, 2.24) is 0 Å². The van der Waals surface area contributed by atoms with E-state index < -0.39 is 0 Å². The molecule has 0 saturated carbocycles. The fraction of sp³-hybridized carbons (Fsp3) is 0.333. The Kier molecular flexibility index (Phi) is 3.74. The van der Waals surface area contributed by atoms with E-state index in [0.717, 1.165) is 24.5 Å². The van der Waals surface area contributed by atoms with Crippen LogP contribution >= 0.6 is 0 Å². The Morgan fingerprint density at radius 1 is 1.14 bits per heavy atom. The van der Waals surface area contributed by atoms with Crippen molar-refractivity contribution in [2.45, 2.75) is 19.4 Å². The highest BCUT2D eigenvalue weighted by Crippen LogP contribution is 2.34. The molecule has 0 fully saturated rings. The van der Waals surface area contributed by atoms with Gasteiger partial charge in [0.15, 0.2) is 0 Å². The second-order valence-electron chi connectivity index (χ2n) is 5.77. The molecular formula is C18H22N2O. The van der Waals surface area contributed by atoms with E-state index in [2.05, 4.69) is 61.6 Å². The van der Waals surface area contributed by atoms with E-state index in [-0.39, 0.29) is 0 Å². The molecule has 1 N–H and O–H groups in total. The predicted molar refractivity (Wildman–Crippen MR) is 88.4 cm³/mol. The van der Waals surface area contributed by atoms with Crippen LogP contribution in [0.5, 0.6) is 5.75 Å². The lowest BCUT2D eigenvalue weighted by Crippen LogP contribution is -2.20. The molecule has 3 heteroatoms. The van der Waals surface area contributed by atoms with E-state index in [4.69, 9.17) is 4.74 Å². The highest BCUT2D eigenvalue weighted by molar-refractivity contribution is 5.62. The molecule has 3 rings (SSSR count). The van der Waals surface area contributed by atoms with Gasteiger partial charge < -0.3 is 15.0 Å². The first kappa shape index (κ1) is 13.8. The molecule has 1 atom stereocenters. The van der Waals surface area contributed by atoms with E-state index in [1.807, 2.05) is 12.1 Å². The quantitative estimate of drug-likeness (QED) is 0.921. The number of para-hydroxylation sites is 1. The van der Waals surface area contributed by atoms with Crippen molar-refractivity contribution < 1.29 is 4.74 Å². The minimum absolute atomic E-state index is 0.313. The molecule has 0 radical (unpaired) electrons. The number of benzene rings is 2. The van der Waals surface area contributed by atoms with Crippen molar-refractivity contribution in [3.8, 4) is 5.75 Å². The summed E-state index contributed by atoms with van der Waals surface area (Å²) in [5.74, 6) is 1.00. The molecule has 0 bridgehead atoms. The largest absolute Gasteiger partial charge is 0.493 e. The first-order chi connectivity index (χ1) is 10.1. The maximum Gasteiger partial charge on any atom is 0.124 e. The van der Waals surface area contributed by atoms with Crippen LogP contribution in [0.25, 0.3) is 0 Å². The van der Waals surface area contributed by atoms with Gasteiger partial charge in [-0.1, -0.05) is 24.3 Å². The fourth-order valence-electron chi connectivity index (χ4n) is 2.87. The molecule has 0 aliphatic carbocycles. The number of rotatable bonds is 3. The molecule has 3 nitrogen and oxygen atoms in total. The lowest BCUT2D eigenvalue weighted by atomic mass is 10.00. The number of ether oxygens (including phenoxy) is 1. The number of anilines is 2. The minimum atomic E-state index is 0.313. The molecule has 1 aliphatic rings. The van der Waals surface area contributed by atoms with Gasteiger partial charge in [-0.15, -0.1) is 0 Å². The van der Waals surface area contributed by atoms with Gasteiger partial charge in [0.1, 0.15) is 5.75 Å². The predicted octanol–water partition coefficient (Wildman–Crippen LogP) is 4.00. The van der Waals surface area contributed by atoms with E-state index in [9.17, 15) is 0 Å². The van der Waals surface area contributed by atoms with Crippen LogP contribution < -0.4 is 15.0 Å². The van der Waals surface area contributed by atoms with Gasteiger partial charge >= 0.3 is 0 Å². The zero-order valence-electron chi connectivity index (χ0n) is 12.9. The number of fused-ring (bicyclic) bond motifs is 1. The monoisotopic (exact) mass is 282 g/mol. The molecule has 2 aromatic rings. The standard InChI is InChI=1S/C18H22N2O/c1-13-8-9-14(12-17(13)20(2)3)19-16-10-11-21-18-7-5-4-6-15(16)18/h4-9,12,16,19H,10-11H2,1-3H3. The van der Waals surface area contributed by atoms with Crippen molar-refractivity contribution >= 4 is 11.4 Å². The van der Waals surface area contributed by atoms with Gasteiger partial charge in [-0.05, 0) is 30.7 Å². The second kappa shape index (κ2) is 5.68. The van der Waals surface area contributed by atoms with Crippen LogP contribution in [0.1, 0.15) is 23.6 Å². The third-order valence-electron chi connectivity index (χ3n) is 3.99. The Morgan fingerprint density at radius 2 is 1.95 bits per heavy atom. The number of nitrogens with one attached hydrogen (secondary N) is 1. The first-order valence-corrected chi connectivity index (χ1v) is 7.41. The van der Waals surface area contributed by atoms with E-state index in [1.54, 1.807) is 0 Å². The smallest absolute Gasteiger partial charge is 0.124 e. The molecule has 1 unspecified atom stereocenters. The van der Waals surface area contributed by atoms with Crippen LogP contribution in [0.4, 0.5) is 11.4 Å². The van der Waals surface area contributed by atoms with E-state index >= 15 is 0 Å². The normalized spacial score (nSPS) is 16.8. The molecule has 110 valence electrons. The van der Waals surface area contributed by atoms with E-state index in [1.165, 1.54) is 16.8 Å². The van der Waals surface area contributed by atoms with Gasteiger partial charge in [0.05, 0.1) is 12.6 Å². The fourth-order valence-corrected chi connectivity index (χ4v) is 2.87. The molecule has 0 saturated heterocycles. The molecule has 2 aromatic carbocycles. The summed E-state index contributed by atoms with van der Waals surface area (Å²) in [5, 5.41) is 3.65. The highest BCUT2D eigenvalue weighted by atomic mass is 16.5. The number of aryl methyl sites for hydroxylation is 1. The Balaban J connectivity index is 1.86. The van der Waals surface area contributed by atoms with E-state index in [0.29, 0.717) is 6.04 Å². The van der Waals surface area contributed by atoms with Crippen molar-refractivity contribution in [3.63, 3.8) is 0 Å². The SMILES string of the molecule is Cc1ccc(NC2CCOc3ccccc32)cc1N(C)C. The van der Waals surface area contributed by atoms with Crippen LogP contribution in [0.3, 0.4) is 0 Å². The van der Waals surface area contributed by atoms with Gasteiger partial charge in [0.2, 0.25) is 0 Å². The number of nitrogens with zero attached hydrogens (tertiary/aromatic N) is 1. The van der Waals surface area contributed by atoms with Gasteiger partial charge in [0, 0.05) is 37.5 Å². The summed E-state index contributed by atoms with van der Waals surface area (Å²) >= 11 is 0. The summed E-state index contributed by atoms with van der Waals surface area (Å²) in [6.07, 6.45) is 0.988. The summed E-state index contributed by atoms with van der Waals surface area (Å²) in [6, 6.07) is 15.1. The summed E-state index contributed by atoms with van der Waals surface area (Å²) in [6.45, 7) is 2.91. The molecular weight excluding hydrogens is 260 g/mol. The Bertz CT molecular complexity index is 637. The Labute approximate surface area is 126 Å². The van der Waals surface area contributed by atoms with Crippen LogP contribution in [0.2, 0.25) is 0 Å². The molecule has 0 amide bonds. The molecule has 1 aliphatic heterocycles. The summed E-state index contributed by atoms with van der Waals surface area (Å²) in [7, 11) is 4.16. The third kappa shape index (κ3) is 2.82. The van der Waals surface area contributed by atoms with Crippen LogP contribution in [-0.4, -0.2) is 20.7 Å². The molecule has 0 spiro atoms. The highest BCUT2D eigenvalue weighted by Gasteiger charge is 2.20. The summed E-state index contributed by atoms with van der Waals surface area (Å²) in [4.78, 5) is 2.15. The average Bonchev–Trinajstić information content (AvgIpc) is 2.49. The molecule has 0 aromatic heterocycles. The zero-order valence-corrected chi connectivity index (χ0v) is 12.9. The van der Waals surface area contributed by atoms with Gasteiger partial charge in [-0.3, -0.25) is 0 Å². The zero-order chi connectivity index (χ0) is 14.8. The van der Waals surface area contributed by atoms with Crippen molar-refractivity contribution in [2.24, 2.45) is 0 Å². The van der Waals surface area contributed by atoms with Crippen molar-refractivity contribution in [2.75, 3.05) is 30.9 Å². The summed E-state index contributed by atoms with van der Waals surface area (Å²) in [5.41, 5.74) is 4.94. The Hall–Kier alpha value is -2.16. The van der Waals surface area contributed by atoms with Gasteiger partial charge in [-0.2, -0.15) is 0 Å². The van der Waals surface area contributed by atoms with Crippen molar-refractivity contribution in [1.29, 1.82) is 0 Å². The maximum absolute atomic E-state index is 5.72. The lowest BCUT2D eigenvalue weighted by molar-refractivity contribution is 0.274. The molecule has 21 heavy (non-hydrogen) atoms. The van der Waals surface area contributed by atoms with Crippen LogP contribution in [0.15, 0.2) is 42.5 Å². The van der Waals surface area contributed by atoms with Crippen molar-refractivity contribution in [3.05, 3.63) is 53.6 Å². The second-order valence-corrected chi connectivity index (χ2v) is 5.77. The lowest BCUT2D eigenvalue weighted by Gasteiger charge is -2.28.